The lowest BCUT2D eigenvalue weighted by Gasteiger charge is -2.15. The van der Waals surface area contributed by atoms with E-state index in [0.717, 1.165) is 0 Å². The fourth-order valence-corrected chi connectivity index (χ4v) is 0.349. The van der Waals surface area contributed by atoms with Crippen molar-refractivity contribution in [2.75, 3.05) is 6.79 Å². The first kappa shape index (κ1) is 9.78. The van der Waals surface area contributed by atoms with Gasteiger partial charge in [0.2, 0.25) is 6.79 Å². The van der Waals surface area contributed by atoms with Crippen LogP contribution in [-0.2, 0) is 13.7 Å². The Balaban J connectivity index is 3.64. The molecule has 0 aromatic rings. The van der Waals surface area contributed by atoms with Crippen molar-refractivity contribution >= 4 is 18.9 Å². The molecule has 0 unspecified atom stereocenters. The summed E-state index contributed by atoms with van der Waals surface area (Å²) in [6.45, 7) is 5.22. The molecule has 60 valence electrons. The van der Waals surface area contributed by atoms with Crippen molar-refractivity contribution in [2.45, 2.75) is 20.8 Å². The highest BCUT2D eigenvalue weighted by molar-refractivity contribution is 7.75. The number of carbonyl (C=O) groups is 1. The van der Waals surface area contributed by atoms with Gasteiger partial charge in [0.1, 0.15) is 0 Å². The van der Waals surface area contributed by atoms with Crippen molar-refractivity contribution in [1.82, 2.24) is 0 Å². The molecule has 0 heterocycles. The minimum absolute atomic E-state index is 0.0980. The lowest BCUT2D eigenvalue weighted by atomic mass is 9.98. The first-order valence-electron chi connectivity index (χ1n) is 2.92. The van der Waals surface area contributed by atoms with Crippen LogP contribution in [0.4, 0.5) is 0 Å². The largest absolute Gasteiger partial charge is 0.437 e. The molecule has 3 nitrogen and oxygen atoms in total. The molecule has 0 aliphatic heterocycles. The van der Waals surface area contributed by atoms with Gasteiger partial charge in [-0.3, -0.25) is 8.98 Å². The molecule has 0 atom stereocenters. The Bertz CT molecular complexity index is 117. The summed E-state index contributed by atoms with van der Waals surface area (Å²) in [5.74, 6) is -0.290. The zero-order valence-electron chi connectivity index (χ0n) is 6.38. The molecule has 0 spiro atoms. The van der Waals surface area contributed by atoms with Crippen LogP contribution in [0.15, 0.2) is 0 Å². The van der Waals surface area contributed by atoms with Gasteiger partial charge >= 0.3 is 5.97 Å². The molecule has 0 radical (unpaired) electrons. The SMILES string of the molecule is CC(C)(C)C(=O)OCOS. The average molecular weight is 164 g/mol. The van der Waals surface area contributed by atoms with E-state index in [-0.39, 0.29) is 12.8 Å². The Morgan fingerprint density at radius 3 is 2.30 bits per heavy atom. The lowest BCUT2D eigenvalue weighted by Crippen LogP contribution is -2.23. The van der Waals surface area contributed by atoms with Gasteiger partial charge < -0.3 is 4.74 Å². The van der Waals surface area contributed by atoms with E-state index < -0.39 is 5.41 Å². The summed E-state index contributed by atoms with van der Waals surface area (Å²) in [5.41, 5.74) is -0.466. The third kappa shape index (κ3) is 3.74. The number of hydrogen-bond acceptors (Lipinski definition) is 4. The van der Waals surface area contributed by atoms with Gasteiger partial charge in [-0.2, -0.15) is 0 Å². The summed E-state index contributed by atoms with van der Waals surface area (Å²) in [5, 5.41) is 0. The van der Waals surface area contributed by atoms with Crippen LogP contribution in [0.2, 0.25) is 0 Å². The molecule has 0 aromatic carbocycles. The normalized spacial score (nSPS) is 11.2. The molecule has 0 N–H and O–H groups in total. The highest BCUT2D eigenvalue weighted by Gasteiger charge is 2.22. The standard InChI is InChI=1S/C6H12O3S/c1-6(2,3)5(7)8-4-9-10/h10H,4H2,1-3H3. The highest BCUT2D eigenvalue weighted by Crippen LogP contribution is 2.14. The summed E-state index contributed by atoms with van der Waals surface area (Å²) in [6.07, 6.45) is 0. The predicted molar refractivity (Wildman–Crippen MR) is 40.5 cm³/mol. The highest BCUT2D eigenvalue weighted by atomic mass is 32.1. The second-order valence-electron chi connectivity index (χ2n) is 2.93. The van der Waals surface area contributed by atoms with Crippen LogP contribution in [0.5, 0.6) is 0 Å². The lowest BCUT2D eigenvalue weighted by molar-refractivity contribution is -0.158. The number of ether oxygens (including phenoxy) is 1. The van der Waals surface area contributed by atoms with Crippen molar-refractivity contribution < 1.29 is 13.7 Å². The number of hydrogen-bond donors (Lipinski definition) is 1. The summed E-state index contributed by atoms with van der Waals surface area (Å²) >= 11 is 3.41. The Labute approximate surface area is 66.3 Å². The van der Waals surface area contributed by atoms with Gasteiger partial charge in [-0.05, 0) is 33.7 Å². The third-order valence-corrected chi connectivity index (χ3v) is 0.961. The molecule has 0 rings (SSSR count). The van der Waals surface area contributed by atoms with Gasteiger partial charge in [-0.25, -0.2) is 0 Å². The quantitative estimate of drug-likeness (QED) is 0.290. The van der Waals surface area contributed by atoms with Crippen LogP contribution >= 0.6 is 12.9 Å². The van der Waals surface area contributed by atoms with Crippen LogP contribution in [-0.4, -0.2) is 12.8 Å². The Morgan fingerprint density at radius 1 is 1.50 bits per heavy atom. The summed E-state index contributed by atoms with van der Waals surface area (Å²) in [7, 11) is 0. The average Bonchev–Trinajstić information content (AvgIpc) is 1.80. The van der Waals surface area contributed by atoms with Crippen LogP contribution in [0.25, 0.3) is 0 Å². The van der Waals surface area contributed by atoms with E-state index in [1.165, 1.54) is 0 Å². The van der Waals surface area contributed by atoms with Crippen molar-refractivity contribution in [1.29, 1.82) is 0 Å². The molecule has 10 heavy (non-hydrogen) atoms. The predicted octanol–water partition coefficient (Wildman–Crippen LogP) is 1.39. The third-order valence-electron chi connectivity index (χ3n) is 0.855. The van der Waals surface area contributed by atoms with E-state index in [1.54, 1.807) is 20.8 Å². The van der Waals surface area contributed by atoms with Gasteiger partial charge in [-0.1, -0.05) is 0 Å². The van der Waals surface area contributed by atoms with Crippen LogP contribution < -0.4 is 0 Å². The van der Waals surface area contributed by atoms with E-state index in [2.05, 4.69) is 21.8 Å². The minimum Gasteiger partial charge on any atom is -0.437 e. The Kier molecular flexibility index (Phi) is 3.75. The van der Waals surface area contributed by atoms with E-state index in [0.29, 0.717) is 0 Å². The van der Waals surface area contributed by atoms with Crippen molar-refractivity contribution in [2.24, 2.45) is 5.41 Å². The number of thiol groups is 1. The monoisotopic (exact) mass is 164 g/mol. The molecule has 0 saturated carbocycles. The molecule has 0 aromatic heterocycles. The molecule has 0 fully saturated rings. The maximum Gasteiger partial charge on any atom is 0.313 e. The zero-order valence-corrected chi connectivity index (χ0v) is 7.27. The smallest absolute Gasteiger partial charge is 0.313 e. The van der Waals surface area contributed by atoms with Crippen LogP contribution in [0.3, 0.4) is 0 Å². The van der Waals surface area contributed by atoms with Gasteiger partial charge in [-0.15, -0.1) is 0 Å². The zero-order chi connectivity index (χ0) is 8.20. The first-order valence-corrected chi connectivity index (χ1v) is 3.28. The summed E-state index contributed by atoms with van der Waals surface area (Å²) in [4.78, 5) is 10.9. The fraction of sp³-hybridized carbons (Fsp3) is 0.833. The Morgan fingerprint density at radius 2 is 2.00 bits per heavy atom. The van der Waals surface area contributed by atoms with Crippen LogP contribution in [0.1, 0.15) is 20.8 Å². The minimum atomic E-state index is -0.466. The van der Waals surface area contributed by atoms with Gasteiger partial charge in [0.25, 0.3) is 0 Å². The van der Waals surface area contributed by atoms with Crippen molar-refractivity contribution in [3.05, 3.63) is 0 Å². The summed E-state index contributed by atoms with van der Waals surface area (Å²) in [6, 6.07) is 0. The van der Waals surface area contributed by atoms with E-state index in [1.807, 2.05) is 0 Å². The first-order chi connectivity index (χ1) is 4.48. The fourth-order valence-electron chi connectivity index (χ4n) is 0.296. The van der Waals surface area contributed by atoms with Crippen molar-refractivity contribution in [3.8, 4) is 0 Å². The van der Waals surface area contributed by atoms with E-state index >= 15 is 0 Å². The molecule has 0 aliphatic carbocycles. The molecule has 0 bridgehead atoms. The van der Waals surface area contributed by atoms with Gasteiger partial charge in [0.15, 0.2) is 0 Å². The maximum atomic E-state index is 10.9. The number of rotatable bonds is 2. The maximum absolute atomic E-state index is 10.9. The van der Waals surface area contributed by atoms with Gasteiger partial charge in [0, 0.05) is 0 Å². The number of carbonyl (C=O) groups excluding carboxylic acids is 1. The Hall–Kier alpha value is -0.220. The van der Waals surface area contributed by atoms with Gasteiger partial charge in [0.05, 0.1) is 5.41 Å². The second-order valence-corrected chi connectivity index (χ2v) is 3.19. The number of esters is 1. The second kappa shape index (κ2) is 3.83. The molecule has 4 heteroatoms. The molecule has 0 aliphatic rings. The molecular weight excluding hydrogens is 152 g/mol. The molecular formula is C6H12O3S. The van der Waals surface area contributed by atoms with Crippen molar-refractivity contribution in [3.63, 3.8) is 0 Å². The molecule has 0 amide bonds. The summed E-state index contributed by atoms with van der Waals surface area (Å²) < 4.78 is 8.88. The van der Waals surface area contributed by atoms with Crippen LogP contribution in [0, 0.1) is 5.41 Å². The molecule has 0 saturated heterocycles. The van der Waals surface area contributed by atoms with E-state index in [4.69, 9.17) is 0 Å². The topological polar surface area (TPSA) is 35.5 Å². The van der Waals surface area contributed by atoms with E-state index in [9.17, 15) is 4.79 Å².